The zero-order chi connectivity index (χ0) is 14.7. The molecule has 0 aromatic heterocycles. The lowest BCUT2D eigenvalue weighted by Gasteiger charge is -2.34. The lowest BCUT2D eigenvalue weighted by molar-refractivity contribution is 0.0484. The van der Waals surface area contributed by atoms with Crippen molar-refractivity contribution >= 4 is 0 Å². The monoisotopic (exact) mass is 277 g/mol. The number of nitrogens with zero attached hydrogens (tertiary/aromatic N) is 1. The second-order valence-electron chi connectivity index (χ2n) is 6.25. The Labute approximate surface area is 122 Å². The number of piperidine rings is 1. The van der Waals surface area contributed by atoms with Crippen molar-refractivity contribution in [2.24, 2.45) is 5.92 Å². The highest BCUT2D eigenvalue weighted by atomic mass is 16.3. The standard InChI is InChI=1S/C17H27NO2/c1-12-4-5-13(2)16(10-12)17(20)11-18-8-6-15(7-9-18)14(3)19/h4-5,10,14-15,17,19-20H,6-9,11H2,1-3H3/t14-,17-/m0/s1. The fraction of sp³-hybridized carbons (Fsp3) is 0.647. The van der Waals surface area contributed by atoms with Crippen molar-refractivity contribution in [1.82, 2.24) is 4.90 Å². The Morgan fingerprint density at radius 1 is 1.20 bits per heavy atom. The Morgan fingerprint density at radius 2 is 1.85 bits per heavy atom. The van der Waals surface area contributed by atoms with Crippen molar-refractivity contribution in [3.8, 4) is 0 Å². The number of aliphatic hydroxyl groups is 2. The molecule has 1 aliphatic rings. The van der Waals surface area contributed by atoms with E-state index in [9.17, 15) is 10.2 Å². The van der Waals surface area contributed by atoms with Crippen LogP contribution < -0.4 is 0 Å². The van der Waals surface area contributed by atoms with Gasteiger partial charge in [-0.15, -0.1) is 0 Å². The van der Waals surface area contributed by atoms with Gasteiger partial charge in [0.2, 0.25) is 0 Å². The fourth-order valence-electron chi connectivity index (χ4n) is 3.08. The molecule has 0 bridgehead atoms. The van der Waals surface area contributed by atoms with E-state index in [1.54, 1.807) is 0 Å². The van der Waals surface area contributed by atoms with Crippen LogP contribution in [0.15, 0.2) is 18.2 Å². The fourth-order valence-corrected chi connectivity index (χ4v) is 3.08. The molecule has 0 saturated carbocycles. The van der Waals surface area contributed by atoms with Gasteiger partial charge in [0.15, 0.2) is 0 Å². The number of aliphatic hydroxyl groups excluding tert-OH is 2. The van der Waals surface area contributed by atoms with E-state index >= 15 is 0 Å². The highest BCUT2D eigenvalue weighted by Crippen LogP contribution is 2.24. The Kier molecular flexibility index (Phi) is 5.19. The molecular weight excluding hydrogens is 250 g/mol. The molecule has 20 heavy (non-hydrogen) atoms. The van der Waals surface area contributed by atoms with E-state index in [1.165, 1.54) is 5.56 Å². The molecule has 2 rings (SSSR count). The summed E-state index contributed by atoms with van der Waals surface area (Å²) in [5, 5.41) is 20.1. The molecule has 3 heteroatoms. The van der Waals surface area contributed by atoms with E-state index < -0.39 is 6.10 Å². The smallest absolute Gasteiger partial charge is 0.0919 e. The minimum Gasteiger partial charge on any atom is -0.393 e. The van der Waals surface area contributed by atoms with Gasteiger partial charge in [-0.25, -0.2) is 0 Å². The minimum absolute atomic E-state index is 0.207. The van der Waals surface area contributed by atoms with Crippen LogP contribution >= 0.6 is 0 Å². The van der Waals surface area contributed by atoms with Gasteiger partial charge in [0.05, 0.1) is 12.2 Å². The number of hydrogen-bond donors (Lipinski definition) is 2. The minimum atomic E-state index is -0.419. The van der Waals surface area contributed by atoms with Crippen LogP contribution in [0.2, 0.25) is 0 Å². The van der Waals surface area contributed by atoms with Crippen LogP contribution in [0.4, 0.5) is 0 Å². The third-order valence-electron chi connectivity index (χ3n) is 4.54. The first-order chi connectivity index (χ1) is 9.47. The van der Waals surface area contributed by atoms with Gasteiger partial charge >= 0.3 is 0 Å². The summed E-state index contributed by atoms with van der Waals surface area (Å²) in [6, 6.07) is 6.25. The number of β-amino-alcohol motifs (C(OH)–C–C–N with tert-alkyl or cyclic N) is 1. The SMILES string of the molecule is Cc1ccc(C)c([C@@H](O)CN2CCC([C@H](C)O)CC2)c1. The molecular formula is C17H27NO2. The zero-order valence-corrected chi connectivity index (χ0v) is 12.8. The van der Waals surface area contributed by atoms with E-state index in [2.05, 4.69) is 36.9 Å². The van der Waals surface area contributed by atoms with Crippen LogP contribution in [0.25, 0.3) is 0 Å². The first kappa shape index (κ1) is 15.5. The van der Waals surface area contributed by atoms with Crippen molar-refractivity contribution in [3.05, 3.63) is 34.9 Å². The molecule has 2 atom stereocenters. The van der Waals surface area contributed by atoms with Crippen LogP contribution in [-0.2, 0) is 0 Å². The highest BCUT2D eigenvalue weighted by Gasteiger charge is 2.24. The van der Waals surface area contributed by atoms with Gasteiger partial charge in [0.1, 0.15) is 0 Å². The lowest BCUT2D eigenvalue weighted by atomic mass is 9.91. The molecule has 1 aromatic carbocycles. The Bertz CT molecular complexity index is 437. The third-order valence-corrected chi connectivity index (χ3v) is 4.54. The van der Waals surface area contributed by atoms with Gasteiger partial charge in [0.25, 0.3) is 0 Å². The second-order valence-corrected chi connectivity index (χ2v) is 6.25. The van der Waals surface area contributed by atoms with Gasteiger partial charge in [-0.2, -0.15) is 0 Å². The van der Waals surface area contributed by atoms with E-state index in [1.807, 2.05) is 6.92 Å². The highest BCUT2D eigenvalue weighted by molar-refractivity contribution is 5.32. The molecule has 0 spiro atoms. The number of hydrogen-bond acceptors (Lipinski definition) is 3. The number of rotatable bonds is 4. The lowest BCUT2D eigenvalue weighted by Crippen LogP contribution is -2.39. The maximum absolute atomic E-state index is 10.5. The van der Waals surface area contributed by atoms with Crippen molar-refractivity contribution in [1.29, 1.82) is 0 Å². The molecule has 3 nitrogen and oxygen atoms in total. The summed E-state index contributed by atoms with van der Waals surface area (Å²) >= 11 is 0. The summed E-state index contributed by atoms with van der Waals surface area (Å²) in [4.78, 5) is 2.31. The third kappa shape index (κ3) is 3.81. The molecule has 1 heterocycles. The van der Waals surface area contributed by atoms with E-state index in [0.717, 1.165) is 37.1 Å². The van der Waals surface area contributed by atoms with E-state index in [4.69, 9.17) is 0 Å². The first-order valence-corrected chi connectivity index (χ1v) is 7.63. The predicted molar refractivity (Wildman–Crippen MR) is 81.7 cm³/mol. The van der Waals surface area contributed by atoms with Crippen LogP contribution in [0.1, 0.15) is 42.6 Å². The molecule has 1 saturated heterocycles. The van der Waals surface area contributed by atoms with Gasteiger partial charge in [0, 0.05) is 6.54 Å². The van der Waals surface area contributed by atoms with Crippen LogP contribution in [0.3, 0.4) is 0 Å². The summed E-state index contributed by atoms with van der Waals surface area (Å²) in [7, 11) is 0. The first-order valence-electron chi connectivity index (χ1n) is 7.63. The molecule has 1 aliphatic heterocycles. The molecule has 1 fully saturated rings. The molecule has 0 unspecified atom stereocenters. The predicted octanol–water partition coefficient (Wildman–Crippen LogP) is 2.43. The summed E-state index contributed by atoms with van der Waals surface area (Å²) in [5.41, 5.74) is 3.39. The topological polar surface area (TPSA) is 43.7 Å². The van der Waals surface area contributed by atoms with Crippen molar-refractivity contribution in [2.75, 3.05) is 19.6 Å². The summed E-state index contributed by atoms with van der Waals surface area (Å²) in [5.74, 6) is 0.420. The second kappa shape index (κ2) is 6.70. The Hall–Kier alpha value is -0.900. The van der Waals surface area contributed by atoms with Gasteiger partial charge < -0.3 is 15.1 Å². The van der Waals surface area contributed by atoms with E-state index in [0.29, 0.717) is 12.5 Å². The molecule has 2 N–H and O–H groups in total. The average molecular weight is 277 g/mol. The van der Waals surface area contributed by atoms with Gasteiger partial charge in [-0.1, -0.05) is 23.8 Å². The Balaban J connectivity index is 1.92. The van der Waals surface area contributed by atoms with Gasteiger partial charge in [-0.3, -0.25) is 0 Å². The normalized spacial score (nSPS) is 20.9. The molecule has 0 amide bonds. The molecule has 112 valence electrons. The number of aryl methyl sites for hydroxylation is 2. The quantitative estimate of drug-likeness (QED) is 0.888. The van der Waals surface area contributed by atoms with Gasteiger partial charge in [-0.05, 0) is 63.7 Å². The van der Waals surface area contributed by atoms with Crippen molar-refractivity contribution in [3.63, 3.8) is 0 Å². The molecule has 0 radical (unpaired) electrons. The van der Waals surface area contributed by atoms with Crippen molar-refractivity contribution in [2.45, 2.75) is 45.8 Å². The van der Waals surface area contributed by atoms with E-state index in [-0.39, 0.29) is 6.10 Å². The molecule has 0 aliphatic carbocycles. The van der Waals surface area contributed by atoms with Crippen LogP contribution in [0.5, 0.6) is 0 Å². The van der Waals surface area contributed by atoms with Crippen LogP contribution in [0, 0.1) is 19.8 Å². The molecule has 1 aromatic rings. The summed E-state index contributed by atoms with van der Waals surface area (Å²) in [6.45, 7) is 8.62. The van der Waals surface area contributed by atoms with Crippen LogP contribution in [-0.4, -0.2) is 40.9 Å². The summed E-state index contributed by atoms with van der Waals surface area (Å²) in [6.07, 6.45) is 1.42. The maximum Gasteiger partial charge on any atom is 0.0919 e. The Morgan fingerprint density at radius 3 is 2.45 bits per heavy atom. The number of likely N-dealkylation sites (tertiary alicyclic amines) is 1. The maximum atomic E-state index is 10.5. The average Bonchev–Trinajstić information content (AvgIpc) is 2.42. The van der Waals surface area contributed by atoms with Crippen molar-refractivity contribution < 1.29 is 10.2 Å². The number of benzene rings is 1. The zero-order valence-electron chi connectivity index (χ0n) is 12.8. The largest absolute Gasteiger partial charge is 0.393 e. The summed E-state index contributed by atoms with van der Waals surface area (Å²) < 4.78 is 0.